The molecule has 1 amide bonds. The van der Waals surface area contributed by atoms with E-state index in [4.69, 9.17) is 11.6 Å². The van der Waals surface area contributed by atoms with Gasteiger partial charge in [0, 0.05) is 24.5 Å². The molecular weight excluding hydrogens is 224 g/mol. The highest BCUT2D eigenvalue weighted by molar-refractivity contribution is 6.25. The Morgan fingerprint density at radius 1 is 1.50 bits per heavy atom. The quantitative estimate of drug-likeness (QED) is 0.802. The first-order valence-corrected chi connectivity index (χ1v) is 6.46. The molecule has 0 unspecified atom stereocenters. The average molecular weight is 245 g/mol. The molecule has 16 heavy (non-hydrogen) atoms. The summed E-state index contributed by atoms with van der Waals surface area (Å²) in [4.78, 5) is 14.0. The summed E-state index contributed by atoms with van der Waals surface area (Å²) in [5.41, 5.74) is 1.56. The van der Waals surface area contributed by atoms with E-state index in [2.05, 4.69) is 17.1 Å². The second kappa shape index (κ2) is 7.69. The number of hydrogen-bond donors (Lipinski definition) is 1. The monoisotopic (exact) mass is 244 g/mol. The number of carbonyl (C=O) groups excluding carboxylic acids is 1. The van der Waals surface area contributed by atoms with Crippen molar-refractivity contribution in [3.63, 3.8) is 0 Å². The van der Waals surface area contributed by atoms with Gasteiger partial charge in [-0.25, -0.2) is 0 Å². The summed E-state index contributed by atoms with van der Waals surface area (Å²) in [5.74, 6) is 0.442. The van der Waals surface area contributed by atoms with Crippen molar-refractivity contribution >= 4 is 17.5 Å². The van der Waals surface area contributed by atoms with E-state index in [0.29, 0.717) is 0 Å². The number of amides is 1. The second-order valence-corrected chi connectivity index (χ2v) is 4.48. The largest absolute Gasteiger partial charge is 0.356 e. The maximum absolute atomic E-state index is 11.7. The molecule has 1 heterocycles. The third-order valence-electron chi connectivity index (χ3n) is 2.96. The van der Waals surface area contributed by atoms with E-state index in [1.165, 1.54) is 0 Å². The van der Waals surface area contributed by atoms with Crippen molar-refractivity contribution in [3.05, 3.63) is 11.6 Å². The number of piperidine rings is 1. The number of nitrogens with zero attached hydrogens (tertiary/aromatic N) is 1. The number of rotatable bonds is 5. The molecular formula is C12H21ClN2O. The molecule has 0 spiro atoms. The molecule has 0 aromatic heterocycles. The Morgan fingerprint density at radius 3 is 2.75 bits per heavy atom. The summed E-state index contributed by atoms with van der Waals surface area (Å²) in [5, 5.41) is 2.97. The molecule has 0 radical (unpaired) electrons. The van der Waals surface area contributed by atoms with Crippen molar-refractivity contribution in [2.75, 3.05) is 26.2 Å². The lowest BCUT2D eigenvalue weighted by Crippen LogP contribution is -2.40. The molecule has 0 saturated carbocycles. The fraction of sp³-hybridized carbons (Fsp3) is 0.750. The van der Waals surface area contributed by atoms with Crippen LogP contribution in [-0.4, -0.2) is 37.0 Å². The summed E-state index contributed by atoms with van der Waals surface area (Å²) in [6.07, 6.45) is 4.88. The van der Waals surface area contributed by atoms with Crippen LogP contribution in [0, 0.1) is 5.92 Å². The van der Waals surface area contributed by atoms with Gasteiger partial charge in [0.25, 0.3) is 0 Å². The number of nitrogens with one attached hydrogen (secondary N) is 1. The summed E-state index contributed by atoms with van der Waals surface area (Å²) in [7, 11) is 0. The van der Waals surface area contributed by atoms with Crippen molar-refractivity contribution < 1.29 is 4.79 Å². The predicted molar refractivity (Wildman–Crippen MR) is 67.5 cm³/mol. The first-order valence-electron chi connectivity index (χ1n) is 6.03. The molecule has 1 saturated heterocycles. The molecule has 1 N–H and O–H groups in total. The van der Waals surface area contributed by atoms with Crippen LogP contribution >= 0.6 is 11.6 Å². The van der Waals surface area contributed by atoms with Gasteiger partial charge in [-0.05, 0) is 32.4 Å². The van der Waals surface area contributed by atoms with E-state index in [1.54, 1.807) is 5.54 Å². The molecule has 1 fully saturated rings. The molecule has 1 aliphatic heterocycles. The summed E-state index contributed by atoms with van der Waals surface area (Å²) >= 11 is 5.49. The van der Waals surface area contributed by atoms with Crippen molar-refractivity contribution in [1.29, 1.82) is 0 Å². The van der Waals surface area contributed by atoms with Crippen LogP contribution in [0.3, 0.4) is 0 Å². The molecule has 1 aliphatic rings. The van der Waals surface area contributed by atoms with Crippen LogP contribution in [-0.2, 0) is 4.79 Å². The van der Waals surface area contributed by atoms with E-state index in [0.717, 1.165) is 45.4 Å². The zero-order valence-electron chi connectivity index (χ0n) is 9.92. The minimum atomic E-state index is 0.211. The Balaban J connectivity index is 2.23. The number of carbonyl (C=O) groups is 1. The van der Waals surface area contributed by atoms with Crippen molar-refractivity contribution in [3.8, 4) is 0 Å². The van der Waals surface area contributed by atoms with Crippen LogP contribution in [0.5, 0.6) is 0 Å². The van der Waals surface area contributed by atoms with Gasteiger partial charge in [0.2, 0.25) is 5.91 Å². The van der Waals surface area contributed by atoms with Gasteiger partial charge in [-0.1, -0.05) is 24.6 Å². The van der Waals surface area contributed by atoms with Crippen molar-refractivity contribution in [2.24, 2.45) is 5.92 Å². The van der Waals surface area contributed by atoms with Gasteiger partial charge in [0.1, 0.15) is 0 Å². The van der Waals surface area contributed by atoms with E-state index < -0.39 is 0 Å². The predicted octanol–water partition coefficient (Wildman–Crippen LogP) is 1.98. The molecule has 0 aliphatic carbocycles. The summed E-state index contributed by atoms with van der Waals surface area (Å²) in [6.45, 7) is 5.75. The van der Waals surface area contributed by atoms with Gasteiger partial charge in [0.05, 0.1) is 0 Å². The molecule has 4 heteroatoms. The highest BCUT2D eigenvalue weighted by Gasteiger charge is 2.23. The topological polar surface area (TPSA) is 32.3 Å². The Labute approximate surface area is 103 Å². The Bertz CT molecular complexity index is 235. The van der Waals surface area contributed by atoms with Gasteiger partial charge < -0.3 is 5.32 Å². The lowest BCUT2D eigenvalue weighted by Gasteiger charge is -2.30. The lowest BCUT2D eigenvalue weighted by atomic mass is 9.96. The zero-order chi connectivity index (χ0) is 11.8. The minimum Gasteiger partial charge on any atom is -0.356 e. The maximum Gasteiger partial charge on any atom is 0.223 e. The van der Waals surface area contributed by atoms with Gasteiger partial charge >= 0.3 is 0 Å². The average Bonchev–Trinajstić information content (AvgIpc) is 2.34. The van der Waals surface area contributed by atoms with Crippen LogP contribution in [0.1, 0.15) is 26.2 Å². The van der Waals surface area contributed by atoms with Crippen LogP contribution in [0.15, 0.2) is 11.6 Å². The molecule has 0 aromatic carbocycles. The van der Waals surface area contributed by atoms with E-state index in [-0.39, 0.29) is 11.8 Å². The minimum absolute atomic E-state index is 0.211. The van der Waals surface area contributed by atoms with Crippen LogP contribution in [0.2, 0.25) is 0 Å². The van der Waals surface area contributed by atoms with Gasteiger partial charge in [0.15, 0.2) is 0 Å². The van der Waals surface area contributed by atoms with Crippen molar-refractivity contribution in [1.82, 2.24) is 10.2 Å². The highest BCUT2D eigenvalue weighted by atomic mass is 35.5. The van der Waals surface area contributed by atoms with E-state index in [1.807, 2.05) is 6.08 Å². The number of halogens is 1. The van der Waals surface area contributed by atoms with Crippen LogP contribution in [0.25, 0.3) is 0 Å². The number of hydrogen-bond acceptors (Lipinski definition) is 2. The lowest BCUT2D eigenvalue weighted by molar-refractivity contribution is -0.126. The molecule has 0 aromatic rings. The second-order valence-electron chi connectivity index (χ2n) is 4.23. The van der Waals surface area contributed by atoms with E-state index in [9.17, 15) is 4.79 Å². The Morgan fingerprint density at radius 2 is 2.19 bits per heavy atom. The fourth-order valence-corrected chi connectivity index (χ4v) is 2.04. The summed E-state index contributed by atoms with van der Waals surface area (Å²) in [6, 6.07) is 0. The molecule has 1 rings (SSSR count). The number of likely N-dealkylation sites (tertiary alicyclic amines) is 1. The SMILES string of the molecule is CCCNC(=O)C1CCN(C/C=C/Cl)CC1. The highest BCUT2D eigenvalue weighted by Crippen LogP contribution is 2.17. The molecule has 0 bridgehead atoms. The zero-order valence-corrected chi connectivity index (χ0v) is 10.7. The van der Waals surface area contributed by atoms with E-state index >= 15 is 0 Å². The fourth-order valence-electron chi connectivity index (χ4n) is 1.96. The van der Waals surface area contributed by atoms with Gasteiger partial charge in [-0.3, -0.25) is 9.69 Å². The van der Waals surface area contributed by atoms with Crippen molar-refractivity contribution in [2.45, 2.75) is 26.2 Å². The van der Waals surface area contributed by atoms with Gasteiger partial charge in [-0.2, -0.15) is 0 Å². The Hall–Kier alpha value is -0.540. The first kappa shape index (κ1) is 13.5. The normalized spacial score (nSPS) is 19.1. The molecule has 3 nitrogen and oxygen atoms in total. The summed E-state index contributed by atoms with van der Waals surface area (Å²) < 4.78 is 0. The standard InChI is InChI=1S/C12H21ClN2O/c1-2-7-14-12(16)11-4-9-15(10-5-11)8-3-6-13/h3,6,11H,2,4-5,7-10H2,1H3,(H,14,16)/b6-3+. The first-order chi connectivity index (χ1) is 7.77. The van der Waals surface area contributed by atoms with Gasteiger partial charge in [-0.15, -0.1) is 0 Å². The third kappa shape index (κ3) is 4.54. The smallest absolute Gasteiger partial charge is 0.223 e. The molecule has 92 valence electrons. The van der Waals surface area contributed by atoms with Crippen LogP contribution < -0.4 is 5.32 Å². The Kier molecular flexibility index (Phi) is 6.50. The third-order valence-corrected chi connectivity index (χ3v) is 3.14. The maximum atomic E-state index is 11.7. The molecule has 0 atom stereocenters. The van der Waals surface area contributed by atoms with Crippen LogP contribution in [0.4, 0.5) is 0 Å².